The highest BCUT2D eigenvalue weighted by Gasteiger charge is 2.13. The minimum Gasteiger partial charge on any atom is -0.387 e. The van der Waals surface area contributed by atoms with E-state index in [0.29, 0.717) is 5.69 Å². The Kier molecular flexibility index (Phi) is 4.55. The zero-order valence-corrected chi connectivity index (χ0v) is 12.0. The molecule has 1 heterocycles. The molecule has 5 nitrogen and oxygen atoms in total. The number of carbonyl (C=O) groups is 1. The summed E-state index contributed by atoms with van der Waals surface area (Å²) in [4.78, 5) is 26.1. The van der Waals surface area contributed by atoms with Gasteiger partial charge in [0.15, 0.2) is 0 Å². The fourth-order valence-electron chi connectivity index (χ4n) is 1.94. The molecule has 5 heteroatoms. The minimum atomic E-state index is -0.806. The maximum absolute atomic E-state index is 11.9. The SMILES string of the molecule is Cc1ccc(C(O)CNC(=O)c2ccc(C)[nH]c2=O)cc1. The Morgan fingerprint density at radius 3 is 2.48 bits per heavy atom. The van der Waals surface area contributed by atoms with Crippen LogP contribution in [0.4, 0.5) is 0 Å². The Morgan fingerprint density at radius 2 is 1.86 bits per heavy atom. The molecule has 0 saturated carbocycles. The molecule has 110 valence electrons. The number of aryl methyl sites for hydroxylation is 2. The predicted molar refractivity (Wildman–Crippen MR) is 80.3 cm³/mol. The van der Waals surface area contributed by atoms with Gasteiger partial charge in [-0.05, 0) is 31.5 Å². The molecule has 1 amide bonds. The standard InChI is InChI=1S/C16H18N2O3/c1-10-3-6-12(7-4-10)14(19)9-17-15(20)13-8-5-11(2)18-16(13)21/h3-8,14,19H,9H2,1-2H3,(H,17,20)(H,18,21). The third kappa shape index (κ3) is 3.79. The van der Waals surface area contributed by atoms with Gasteiger partial charge in [-0.1, -0.05) is 29.8 Å². The van der Waals surface area contributed by atoms with Crippen LogP contribution in [0.5, 0.6) is 0 Å². The van der Waals surface area contributed by atoms with Gasteiger partial charge < -0.3 is 15.4 Å². The van der Waals surface area contributed by atoms with Gasteiger partial charge in [0.2, 0.25) is 0 Å². The zero-order chi connectivity index (χ0) is 15.4. The molecular formula is C16H18N2O3. The van der Waals surface area contributed by atoms with Crippen LogP contribution in [0, 0.1) is 13.8 Å². The Labute approximate surface area is 122 Å². The molecule has 0 aliphatic heterocycles. The van der Waals surface area contributed by atoms with Crippen molar-refractivity contribution in [1.82, 2.24) is 10.3 Å². The number of benzene rings is 1. The molecule has 3 N–H and O–H groups in total. The normalized spacial score (nSPS) is 12.0. The molecule has 1 unspecified atom stereocenters. The van der Waals surface area contributed by atoms with Gasteiger partial charge in [-0.15, -0.1) is 0 Å². The van der Waals surface area contributed by atoms with Gasteiger partial charge in [0.05, 0.1) is 6.10 Å². The monoisotopic (exact) mass is 286 g/mol. The number of nitrogens with one attached hydrogen (secondary N) is 2. The van der Waals surface area contributed by atoms with E-state index in [1.807, 2.05) is 31.2 Å². The second-order valence-electron chi connectivity index (χ2n) is 5.02. The van der Waals surface area contributed by atoms with Crippen LogP contribution < -0.4 is 10.9 Å². The number of aromatic amines is 1. The molecule has 2 rings (SSSR count). The number of rotatable bonds is 4. The summed E-state index contributed by atoms with van der Waals surface area (Å²) in [7, 11) is 0. The van der Waals surface area contributed by atoms with Gasteiger partial charge in [0, 0.05) is 12.2 Å². The quantitative estimate of drug-likeness (QED) is 0.795. The maximum Gasteiger partial charge on any atom is 0.260 e. The first-order valence-corrected chi connectivity index (χ1v) is 6.70. The highest BCUT2D eigenvalue weighted by atomic mass is 16.3. The second kappa shape index (κ2) is 6.37. The molecule has 0 aliphatic carbocycles. The number of H-pyrrole nitrogens is 1. The van der Waals surface area contributed by atoms with Crippen LogP contribution in [-0.2, 0) is 0 Å². The number of carbonyl (C=O) groups excluding carboxylic acids is 1. The summed E-state index contributed by atoms with van der Waals surface area (Å²) in [6.07, 6.45) is -0.806. The summed E-state index contributed by atoms with van der Waals surface area (Å²) < 4.78 is 0. The maximum atomic E-state index is 11.9. The van der Waals surface area contributed by atoms with Crippen LogP contribution >= 0.6 is 0 Å². The Hall–Kier alpha value is -2.40. The van der Waals surface area contributed by atoms with Crippen molar-refractivity contribution < 1.29 is 9.90 Å². The number of hydrogen-bond donors (Lipinski definition) is 3. The Morgan fingerprint density at radius 1 is 1.19 bits per heavy atom. The molecule has 0 saturated heterocycles. The van der Waals surface area contributed by atoms with Crippen LogP contribution in [0.25, 0.3) is 0 Å². The van der Waals surface area contributed by atoms with Gasteiger partial charge in [-0.3, -0.25) is 9.59 Å². The molecule has 1 aromatic carbocycles. The zero-order valence-electron chi connectivity index (χ0n) is 12.0. The lowest BCUT2D eigenvalue weighted by Gasteiger charge is -2.12. The molecule has 0 bridgehead atoms. The third-order valence-corrected chi connectivity index (χ3v) is 3.22. The topological polar surface area (TPSA) is 82.2 Å². The molecule has 0 radical (unpaired) electrons. The van der Waals surface area contributed by atoms with E-state index in [1.54, 1.807) is 13.0 Å². The van der Waals surface area contributed by atoms with Gasteiger partial charge in [0.1, 0.15) is 5.56 Å². The van der Waals surface area contributed by atoms with E-state index in [9.17, 15) is 14.7 Å². The third-order valence-electron chi connectivity index (χ3n) is 3.22. The second-order valence-corrected chi connectivity index (χ2v) is 5.02. The fraction of sp³-hybridized carbons (Fsp3) is 0.250. The number of aliphatic hydroxyl groups excluding tert-OH is 1. The van der Waals surface area contributed by atoms with E-state index in [1.165, 1.54) is 6.07 Å². The minimum absolute atomic E-state index is 0.0386. The first kappa shape index (κ1) is 15.0. The van der Waals surface area contributed by atoms with Crippen LogP contribution in [0.1, 0.15) is 33.3 Å². The van der Waals surface area contributed by atoms with Crippen molar-refractivity contribution in [3.63, 3.8) is 0 Å². The van der Waals surface area contributed by atoms with Gasteiger partial charge in [0.25, 0.3) is 11.5 Å². The molecule has 0 aliphatic rings. The molecule has 0 spiro atoms. The van der Waals surface area contributed by atoms with E-state index in [4.69, 9.17) is 0 Å². The van der Waals surface area contributed by atoms with E-state index in [-0.39, 0.29) is 12.1 Å². The number of amides is 1. The molecule has 0 fully saturated rings. The van der Waals surface area contributed by atoms with Crippen molar-refractivity contribution in [3.8, 4) is 0 Å². The van der Waals surface area contributed by atoms with Crippen molar-refractivity contribution >= 4 is 5.91 Å². The summed E-state index contributed by atoms with van der Waals surface area (Å²) in [6, 6.07) is 10.5. The summed E-state index contributed by atoms with van der Waals surface area (Å²) in [6.45, 7) is 3.75. The van der Waals surface area contributed by atoms with E-state index < -0.39 is 17.6 Å². The lowest BCUT2D eigenvalue weighted by atomic mass is 10.1. The van der Waals surface area contributed by atoms with E-state index >= 15 is 0 Å². The number of hydrogen-bond acceptors (Lipinski definition) is 3. The summed E-state index contributed by atoms with van der Waals surface area (Å²) >= 11 is 0. The number of aromatic nitrogens is 1. The van der Waals surface area contributed by atoms with Crippen molar-refractivity contribution in [2.24, 2.45) is 0 Å². The highest BCUT2D eigenvalue weighted by molar-refractivity contribution is 5.93. The van der Waals surface area contributed by atoms with Gasteiger partial charge >= 0.3 is 0 Å². The highest BCUT2D eigenvalue weighted by Crippen LogP contribution is 2.12. The molecule has 21 heavy (non-hydrogen) atoms. The van der Waals surface area contributed by atoms with Crippen molar-refractivity contribution in [2.45, 2.75) is 20.0 Å². The lowest BCUT2D eigenvalue weighted by molar-refractivity contribution is 0.0915. The molecule has 1 atom stereocenters. The van der Waals surface area contributed by atoms with Crippen LogP contribution in [-0.4, -0.2) is 22.5 Å². The van der Waals surface area contributed by atoms with Crippen molar-refractivity contribution in [1.29, 1.82) is 0 Å². The predicted octanol–water partition coefficient (Wildman–Crippen LogP) is 1.46. The summed E-state index contributed by atoms with van der Waals surface area (Å²) in [5.74, 6) is -0.498. The smallest absolute Gasteiger partial charge is 0.260 e. The van der Waals surface area contributed by atoms with Crippen LogP contribution in [0.2, 0.25) is 0 Å². The van der Waals surface area contributed by atoms with Gasteiger partial charge in [-0.25, -0.2) is 0 Å². The van der Waals surface area contributed by atoms with E-state index in [0.717, 1.165) is 11.1 Å². The molecular weight excluding hydrogens is 268 g/mol. The molecule has 2 aromatic rings. The van der Waals surface area contributed by atoms with Crippen molar-refractivity contribution in [2.75, 3.05) is 6.54 Å². The van der Waals surface area contributed by atoms with Crippen LogP contribution in [0.3, 0.4) is 0 Å². The first-order valence-electron chi connectivity index (χ1n) is 6.70. The largest absolute Gasteiger partial charge is 0.387 e. The first-order chi connectivity index (χ1) is 9.97. The fourth-order valence-corrected chi connectivity index (χ4v) is 1.94. The summed E-state index contributed by atoms with van der Waals surface area (Å²) in [5, 5.41) is 12.6. The number of aliphatic hydroxyl groups is 1. The van der Waals surface area contributed by atoms with Crippen LogP contribution in [0.15, 0.2) is 41.2 Å². The average Bonchev–Trinajstić information content (AvgIpc) is 2.45. The van der Waals surface area contributed by atoms with Crippen molar-refractivity contribution in [3.05, 3.63) is 69.1 Å². The number of pyridine rings is 1. The Balaban J connectivity index is 2.00. The van der Waals surface area contributed by atoms with E-state index in [2.05, 4.69) is 10.3 Å². The Bertz CT molecular complexity index is 689. The molecule has 1 aromatic heterocycles. The average molecular weight is 286 g/mol. The lowest BCUT2D eigenvalue weighted by Crippen LogP contribution is -2.32. The summed E-state index contributed by atoms with van der Waals surface area (Å²) in [5.41, 5.74) is 2.12. The van der Waals surface area contributed by atoms with Gasteiger partial charge in [-0.2, -0.15) is 0 Å².